The van der Waals surface area contributed by atoms with E-state index in [2.05, 4.69) is 17.4 Å². The lowest BCUT2D eigenvalue weighted by Gasteiger charge is -2.28. The number of hydrogen-bond acceptors (Lipinski definition) is 4. The van der Waals surface area contributed by atoms with Crippen LogP contribution in [0.4, 0.5) is 4.79 Å². The molecule has 1 unspecified atom stereocenters. The number of benzene rings is 4. The Hall–Kier alpha value is -4.91. The van der Waals surface area contributed by atoms with Crippen LogP contribution in [-0.4, -0.2) is 40.6 Å². The summed E-state index contributed by atoms with van der Waals surface area (Å²) in [6.45, 7) is 0.715. The molecular formula is C34H32N2O5. The quantitative estimate of drug-likeness (QED) is 0.240. The van der Waals surface area contributed by atoms with Crippen LogP contribution in [-0.2, 0) is 27.4 Å². The molecule has 0 saturated heterocycles. The van der Waals surface area contributed by atoms with Crippen molar-refractivity contribution in [1.82, 2.24) is 10.2 Å². The first-order valence-electron chi connectivity index (χ1n) is 13.7. The fraction of sp³-hybridized carbons (Fsp3) is 0.206. The number of carbonyl (C=O) groups excluding carboxylic acids is 2. The first kappa shape index (κ1) is 27.6. The smallest absolute Gasteiger partial charge is 0.407 e. The van der Waals surface area contributed by atoms with Crippen LogP contribution < -0.4 is 5.32 Å². The third-order valence-corrected chi connectivity index (χ3v) is 7.32. The number of ether oxygens (including phenoxy) is 1. The number of carbonyl (C=O) groups is 3. The minimum atomic E-state index is -1.06. The molecule has 4 aromatic carbocycles. The van der Waals surface area contributed by atoms with Gasteiger partial charge in [0.1, 0.15) is 12.6 Å². The Morgan fingerprint density at radius 1 is 0.732 bits per heavy atom. The van der Waals surface area contributed by atoms with Gasteiger partial charge in [-0.3, -0.25) is 9.59 Å². The zero-order valence-corrected chi connectivity index (χ0v) is 22.6. The highest BCUT2D eigenvalue weighted by molar-refractivity contribution is 5.86. The lowest BCUT2D eigenvalue weighted by Crippen LogP contribution is -2.48. The maximum Gasteiger partial charge on any atom is 0.407 e. The number of amides is 2. The molecule has 5 rings (SSSR count). The number of alkyl carbamates (subject to hydrolysis) is 1. The van der Waals surface area contributed by atoms with Gasteiger partial charge in [-0.1, -0.05) is 109 Å². The van der Waals surface area contributed by atoms with Crippen LogP contribution in [0.15, 0.2) is 109 Å². The van der Waals surface area contributed by atoms with Gasteiger partial charge in [0.15, 0.2) is 0 Å². The molecule has 0 aromatic heterocycles. The van der Waals surface area contributed by atoms with Gasteiger partial charge in [0.2, 0.25) is 5.91 Å². The maximum atomic E-state index is 13.9. The Bertz CT molecular complexity index is 1420. The summed E-state index contributed by atoms with van der Waals surface area (Å²) in [4.78, 5) is 40.0. The predicted octanol–water partition coefficient (Wildman–Crippen LogP) is 5.99. The highest BCUT2D eigenvalue weighted by Gasteiger charge is 2.31. The van der Waals surface area contributed by atoms with Gasteiger partial charge in [-0.2, -0.15) is 0 Å². The number of carboxylic acid groups (broad SMARTS) is 1. The number of aliphatic carboxylic acids is 1. The summed E-state index contributed by atoms with van der Waals surface area (Å²) < 4.78 is 5.68. The van der Waals surface area contributed by atoms with Crippen LogP contribution in [0.3, 0.4) is 0 Å². The number of fused-ring (bicyclic) bond motifs is 3. The third kappa shape index (κ3) is 6.81. The van der Waals surface area contributed by atoms with Crippen molar-refractivity contribution < 1.29 is 24.2 Å². The van der Waals surface area contributed by atoms with Crippen molar-refractivity contribution in [2.75, 3.05) is 6.61 Å². The van der Waals surface area contributed by atoms with Gasteiger partial charge in [0.25, 0.3) is 0 Å². The zero-order chi connectivity index (χ0) is 28.6. The molecule has 1 atom stereocenters. The van der Waals surface area contributed by atoms with Crippen molar-refractivity contribution in [3.8, 4) is 11.1 Å². The van der Waals surface area contributed by atoms with Crippen LogP contribution in [0.2, 0.25) is 0 Å². The van der Waals surface area contributed by atoms with E-state index < -0.39 is 18.1 Å². The van der Waals surface area contributed by atoms with Gasteiger partial charge in [-0.25, -0.2) is 4.79 Å². The van der Waals surface area contributed by atoms with E-state index in [0.717, 1.165) is 33.4 Å². The van der Waals surface area contributed by atoms with Crippen molar-refractivity contribution in [2.45, 2.75) is 37.9 Å². The Labute approximate surface area is 239 Å². The van der Waals surface area contributed by atoms with Crippen molar-refractivity contribution >= 4 is 18.0 Å². The second-order valence-corrected chi connectivity index (χ2v) is 10.1. The van der Waals surface area contributed by atoms with Crippen molar-refractivity contribution in [3.05, 3.63) is 131 Å². The first-order valence-corrected chi connectivity index (χ1v) is 13.7. The van der Waals surface area contributed by atoms with Gasteiger partial charge in [0, 0.05) is 25.4 Å². The highest BCUT2D eigenvalue weighted by atomic mass is 16.5. The fourth-order valence-corrected chi connectivity index (χ4v) is 5.35. The molecule has 0 spiro atoms. The summed E-state index contributed by atoms with van der Waals surface area (Å²) in [5.41, 5.74) is 6.24. The Balaban J connectivity index is 1.31. The fourth-order valence-electron chi connectivity index (χ4n) is 5.35. The minimum absolute atomic E-state index is 0.0571. The van der Waals surface area contributed by atoms with E-state index in [0.29, 0.717) is 13.1 Å². The van der Waals surface area contributed by atoms with E-state index in [4.69, 9.17) is 4.74 Å². The Morgan fingerprint density at radius 3 is 1.73 bits per heavy atom. The standard InChI is InChI=1S/C34H32N2O5/c37-32(38)20-19-31(33(39)36(21-24-11-3-1-4-12-24)22-25-13-5-2-6-14-25)35-34(40)41-23-30-28-17-9-7-15-26(28)27-16-8-10-18-29(27)30/h1-18,30-31H,19-23H2,(H,35,40)(H,37,38). The molecule has 0 saturated carbocycles. The van der Waals surface area contributed by atoms with Gasteiger partial charge in [-0.05, 0) is 39.8 Å². The summed E-state index contributed by atoms with van der Waals surface area (Å²) in [6.07, 6.45) is -1.08. The second-order valence-electron chi connectivity index (χ2n) is 10.1. The largest absolute Gasteiger partial charge is 0.481 e. The molecule has 7 heteroatoms. The molecule has 7 nitrogen and oxygen atoms in total. The van der Waals surface area contributed by atoms with Crippen molar-refractivity contribution in [3.63, 3.8) is 0 Å². The molecule has 0 heterocycles. The average Bonchev–Trinajstić information content (AvgIpc) is 3.32. The molecule has 0 radical (unpaired) electrons. The SMILES string of the molecule is O=C(O)CCC(NC(=O)OCC1c2ccccc2-c2ccccc21)C(=O)N(Cc1ccccc1)Cc1ccccc1. The molecule has 0 fully saturated rings. The molecule has 0 aliphatic heterocycles. The molecule has 1 aliphatic carbocycles. The van der Waals surface area contributed by atoms with E-state index in [9.17, 15) is 19.5 Å². The monoisotopic (exact) mass is 548 g/mol. The number of nitrogens with zero attached hydrogens (tertiary/aromatic N) is 1. The highest BCUT2D eigenvalue weighted by Crippen LogP contribution is 2.44. The molecule has 1 aliphatic rings. The average molecular weight is 549 g/mol. The van der Waals surface area contributed by atoms with Crippen LogP contribution in [0.25, 0.3) is 11.1 Å². The Morgan fingerprint density at radius 2 is 1.22 bits per heavy atom. The van der Waals surface area contributed by atoms with E-state index in [1.165, 1.54) is 0 Å². The lowest BCUT2D eigenvalue weighted by molar-refractivity contribution is -0.138. The number of hydrogen-bond donors (Lipinski definition) is 2. The van der Waals surface area contributed by atoms with Crippen LogP contribution >= 0.6 is 0 Å². The summed E-state index contributed by atoms with van der Waals surface area (Å²) in [5.74, 6) is -1.55. The third-order valence-electron chi connectivity index (χ3n) is 7.32. The molecular weight excluding hydrogens is 516 g/mol. The number of nitrogens with one attached hydrogen (secondary N) is 1. The predicted molar refractivity (Wildman–Crippen MR) is 156 cm³/mol. The number of rotatable bonds is 11. The van der Waals surface area contributed by atoms with Gasteiger partial charge < -0.3 is 20.1 Å². The molecule has 4 aromatic rings. The van der Waals surface area contributed by atoms with E-state index in [-0.39, 0.29) is 31.3 Å². The molecule has 0 bridgehead atoms. The summed E-state index contributed by atoms with van der Waals surface area (Å²) in [5, 5.41) is 12.0. The summed E-state index contributed by atoms with van der Waals surface area (Å²) in [7, 11) is 0. The summed E-state index contributed by atoms with van der Waals surface area (Å²) in [6, 6.07) is 34.1. The van der Waals surface area contributed by atoms with Gasteiger partial charge in [-0.15, -0.1) is 0 Å². The van der Waals surface area contributed by atoms with Crippen LogP contribution in [0, 0.1) is 0 Å². The van der Waals surface area contributed by atoms with Gasteiger partial charge in [0.05, 0.1) is 0 Å². The molecule has 2 N–H and O–H groups in total. The molecule has 208 valence electrons. The lowest BCUT2D eigenvalue weighted by atomic mass is 9.98. The molecule has 41 heavy (non-hydrogen) atoms. The summed E-state index contributed by atoms with van der Waals surface area (Å²) >= 11 is 0. The van der Waals surface area contributed by atoms with Crippen LogP contribution in [0.5, 0.6) is 0 Å². The number of carboxylic acids is 1. The normalized spacial score (nSPS) is 12.6. The van der Waals surface area contributed by atoms with Crippen LogP contribution in [0.1, 0.15) is 41.0 Å². The zero-order valence-electron chi connectivity index (χ0n) is 22.6. The van der Waals surface area contributed by atoms with E-state index in [1.54, 1.807) is 4.90 Å². The first-order chi connectivity index (χ1) is 20.0. The minimum Gasteiger partial charge on any atom is -0.481 e. The van der Waals surface area contributed by atoms with E-state index >= 15 is 0 Å². The second kappa shape index (κ2) is 13.0. The Kier molecular flexibility index (Phi) is 8.74. The van der Waals surface area contributed by atoms with Crippen molar-refractivity contribution in [2.24, 2.45) is 0 Å². The molecule has 2 amide bonds. The van der Waals surface area contributed by atoms with Gasteiger partial charge >= 0.3 is 12.1 Å². The van der Waals surface area contributed by atoms with Crippen molar-refractivity contribution in [1.29, 1.82) is 0 Å². The maximum absolute atomic E-state index is 13.9. The van der Waals surface area contributed by atoms with E-state index in [1.807, 2.05) is 97.1 Å². The topological polar surface area (TPSA) is 95.9 Å².